The third-order valence-electron chi connectivity index (χ3n) is 3.78. The van der Waals surface area contributed by atoms with Crippen LogP contribution in [0.4, 0.5) is 5.69 Å². The van der Waals surface area contributed by atoms with Crippen LogP contribution in [0.5, 0.6) is 0 Å². The van der Waals surface area contributed by atoms with Crippen LogP contribution in [0.3, 0.4) is 0 Å². The molecule has 0 spiro atoms. The molecule has 2 aromatic carbocycles. The van der Waals surface area contributed by atoms with Gasteiger partial charge in [-0.2, -0.15) is 0 Å². The lowest BCUT2D eigenvalue weighted by Crippen LogP contribution is -2.15. The molecule has 0 aliphatic carbocycles. The monoisotopic (exact) mass is 406 g/mol. The van der Waals surface area contributed by atoms with Gasteiger partial charge < -0.3 is 0 Å². The molecular formula is C19H16Cl2N2O2S. The first-order valence-corrected chi connectivity index (χ1v) is 10.2. The molecule has 0 bridgehead atoms. The summed E-state index contributed by atoms with van der Waals surface area (Å²) in [7, 11) is -3.63. The number of anilines is 1. The van der Waals surface area contributed by atoms with Crippen LogP contribution in [0.15, 0.2) is 67.0 Å². The molecular weight excluding hydrogens is 391 g/mol. The van der Waals surface area contributed by atoms with Gasteiger partial charge in [0, 0.05) is 33.7 Å². The molecule has 4 nitrogen and oxygen atoms in total. The molecule has 134 valence electrons. The molecule has 0 fully saturated rings. The maximum Gasteiger partial charge on any atom is 0.237 e. The van der Waals surface area contributed by atoms with Crippen LogP contribution in [0, 0.1) is 0 Å². The van der Waals surface area contributed by atoms with E-state index in [4.69, 9.17) is 23.2 Å². The minimum Gasteiger partial charge on any atom is -0.283 e. The zero-order chi connectivity index (χ0) is 18.6. The van der Waals surface area contributed by atoms with E-state index in [1.165, 1.54) is 0 Å². The molecule has 1 N–H and O–H groups in total. The van der Waals surface area contributed by atoms with Crippen LogP contribution in [-0.2, 0) is 22.2 Å². The van der Waals surface area contributed by atoms with Crippen molar-refractivity contribution in [1.29, 1.82) is 0 Å². The van der Waals surface area contributed by atoms with Gasteiger partial charge in [-0.25, -0.2) is 8.42 Å². The van der Waals surface area contributed by atoms with Gasteiger partial charge >= 0.3 is 0 Å². The Labute approximate surface area is 162 Å². The maximum atomic E-state index is 12.4. The lowest BCUT2D eigenvalue weighted by molar-refractivity contribution is 0.600. The molecule has 0 amide bonds. The second kappa shape index (κ2) is 8.08. The topological polar surface area (TPSA) is 59.1 Å². The number of hydrogen-bond acceptors (Lipinski definition) is 3. The lowest BCUT2D eigenvalue weighted by Gasteiger charge is -2.11. The molecule has 0 aliphatic rings. The highest BCUT2D eigenvalue weighted by molar-refractivity contribution is 7.91. The van der Waals surface area contributed by atoms with Gasteiger partial charge in [0.05, 0.1) is 5.75 Å². The minimum atomic E-state index is -3.63. The van der Waals surface area contributed by atoms with Crippen molar-refractivity contribution in [3.8, 4) is 0 Å². The summed E-state index contributed by atoms with van der Waals surface area (Å²) < 4.78 is 27.4. The molecule has 1 heterocycles. The fraction of sp³-hybridized carbons (Fsp3) is 0.105. The zero-order valence-electron chi connectivity index (χ0n) is 13.7. The number of hydrogen-bond donors (Lipinski definition) is 1. The Morgan fingerprint density at radius 2 is 1.42 bits per heavy atom. The fourth-order valence-electron chi connectivity index (χ4n) is 2.50. The van der Waals surface area contributed by atoms with Gasteiger partial charge in [-0.15, -0.1) is 0 Å². The first-order valence-electron chi connectivity index (χ1n) is 7.84. The van der Waals surface area contributed by atoms with E-state index in [9.17, 15) is 8.42 Å². The van der Waals surface area contributed by atoms with Crippen molar-refractivity contribution in [3.05, 3.63) is 93.7 Å². The molecule has 0 saturated heterocycles. The van der Waals surface area contributed by atoms with Gasteiger partial charge in [-0.1, -0.05) is 41.4 Å². The van der Waals surface area contributed by atoms with Gasteiger partial charge in [0.1, 0.15) is 0 Å². The number of aromatic nitrogens is 1. The number of benzene rings is 2. The second-order valence-electron chi connectivity index (χ2n) is 5.79. The Bertz CT molecular complexity index is 972. The largest absolute Gasteiger partial charge is 0.283 e. The predicted octanol–water partition coefficient (Wildman–Crippen LogP) is 4.92. The van der Waals surface area contributed by atoms with E-state index < -0.39 is 10.0 Å². The minimum absolute atomic E-state index is 0.287. The van der Waals surface area contributed by atoms with Gasteiger partial charge in [0.15, 0.2) is 0 Å². The van der Waals surface area contributed by atoms with Crippen LogP contribution >= 0.6 is 23.2 Å². The number of nitrogens with zero attached hydrogens (tertiary/aromatic N) is 1. The van der Waals surface area contributed by atoms with Crippen LogP contribution in [0.25, 0.3) is 0 Å². The summed E-state index contributed by atoms with van der Waals surface area (Å²) >= 11 is 12.1. The molecule has 0 saturated carbocycles. The number of halogens is 2. The van der Waals surface area contributed by atoms with E-state index in [1.54, 1.807) is 42.7 Å². The summed E-state index contributed by atoms with van der Waals surface area (Å²) in [4.78, 5) is 3.99. The fourth-order valence-corrected chi connectivity index (χ4v) is 4.45. The van der Waals surface area contributed by atoms with Crippen molar-refractivity contribution in [1.82, 2.24) is 4.98 Å². The highest BCUT2D eigenvalue weighted by Crippen LogP contribution is 2.27. The molecule has 0 atom stereocenters. The van der Waals surface area contributed by atoms with Crippen molar-refractivity contribution in [3.63, 3.8) is 0 Å². The zero-order valence-corrected chi connectivity index (χ0v) is 16.0. The molecule has 7 heteroatoms. The summed E-state index contributed by atoms with van der Waals surface area (Å²) in [6.07, 6.45) is 4.25. The average molecular weight is 407 g/mol. The molecule has 1 aromatic heterocycles. The van der Waals surface area contributed by atoms with Gasteiger partial charge in [-0.05, 0) is 53.9 Å². The SMILES string of the molecule is O=S(=O)(Cc1c(Cl)cccc1Cl)Nc1ccc(Cc2ccncc2)cc1. The van der Waals surface area contributed by atoms with Crippen molar-refractivity contribution < 1.29 is 8.42 Å². The van der Waals surface area contributed by atoms with E-state index >= 15 is 0 Å². The molecule has 0 unspecified atom stereocenters. The Morgan fingerprint density at radius 1 is 0.846 bits per heavy atom. The van der Waals surface area contributed by atoms with Gasteiger partial charge in [0.2, 0.25) is 10.0 Å². The maximum absolute atomic E-state index is 12.4. The average Bonchev–Trinajstić information content (AvgIpc) is 2.61. The van der Waals surface area contributed by atoms with E-state index in [-0.39, 0.29) is 5.75 Å². The summed E-state index contributed by atoms with van der Waals surface area (Å²) in [5.74, 6) is -0.287. The summed E-state index contributed by atoms with van der Waals surface area (Å²) in [6.45, 7) is 0. The van der Waals surface area contributed by atoms with E-state index in [1.807, 2.05) is 24.3 Å². The van der Waals surface area contributed by atoms with E-state index in [0.717, 1.165) is 17.5 Å². The third-order valence-corrected chi connectivity index (χ3v) is 5.70. The summed E-state index contributed by atoms with van der Waals surface area (Å²) in [6, 6.07) is 16.1. The number of pyridine rings is 1. The predicted molar refractivity (Wildman–Crippen MR) is 106 cm³/mol. The molecule has 0 aliphatic heterocycles. The van der Waals surface area contributed by atoms with Crippen molar-refractivity contribution >= 4 is 38.9 Å². The summed E-state index contributed by atoms with van der Waals surface area (Å²) in [5.41, 5.74) is 3.10. The van der Waals surface area contributed by atoms with Crippen LogP contribution in [0.2, 0.25) is 10.0 Å². The standard InChI is InChI=1S/C19H16Cl2N2O2S/c20-18-2-1-3-19(21)17(18)13-26(24,25)23-16-6-4-14(5-7-16)12-15-8-10-22-11-9-15/h1-11,23H,12-13H2. The number of rotatable bonds is 6. The normalized spacial score (nSPS) is 11.3. The Hall–Kier alpha value is -2.08. The highest BCUT2D eigenvalue weighted by atomic mass is 35.5. The van der Waals surface area contributed by atoms with Crippen LogP contribution in [-0.4, -0.2) is 13.4 Å². The van der Waals surface area contributed by atoms with Gasteiger partial charge in [0.25, 0.3) is 0 Å². The van der Waals surface area contributed by atoms with Crippen molar-refractivity contribution in [2.24, 2.45) is 0 Å². The third kappa shape index (κ3) is 4.97. The Morgan fingerprint density at radius 3 is 2.04 bits per heavy atom. The smallest absolute Gasteiger partial charge is 0.237 e. The number of sulfonamides is 1. The number of nitrogens with one attached hydrogen (secondary N) is 1. The Balaban J connectivity index is 1.70. The molecule has 3 aromatic rings. The van der Waals surface area contributed by atoms with Crippen molar-refractivity contribution in [2.45, 2.75) is 12.2 Å². The molecule has 0 radical (unpaired) electrons. The molecule has 3 rings (SSSR count). The van der Waals surface area contributed by atoms with Gasteiger partial charge in [-0.3, -0.25) is 9.71 Å². The van der Waals surface area contributed by atoms with Crippen LogP contribution in [0.1, 0.15) is 16.7 Å². The van der Waals surface area contributed by atoms with Crippen molar-refractivity contribution in [2.75, 3.05) is 4.72 Å². The highest BCUT2D eigenvalue weighted by Gasteiger charge is 2.16. The van der Waals surface area contributed by atoms with E-state index in [2.05, 4.69) is 9.71 Å². The molecule has 26 heavy (non-hydrogen) atoms. The van der Waals surface area contributed by atoms with E-state index in [0.29, 0.717) is 21.3 Å². The Kier molecular flexibility index (Phi) is 5.81. The lowest BCUT2D eigenvalue weighted by atomic mass is 10.1. The quantitative estimate of drug-likeness (QED) is 0.631. The van der Waals surface area contributed by atoms with Crippen LogP contribution < -0.4 is 4.72 Å². The first kappa shape index (κ1) is 18.7. The second-order valence-corrected chi connectivity index (χ2v) is 8.33. The summed E-state index contributed by atoms with van der Waals surface area (Å²) in [5, 5.41) is 0.658. The first-order chi connectivity index (χ1) is 12.4.